The Morgan fingerprint density at radius 2 is 2.07 bits per heavy atom. The number of amides is 1. The van der Waals surface area contributed by atoms with Crippen LogP contribution in [0.25, 0.3) is 15.9 Å². The fraction of sp³-hybridized carbons (Fsp3) is 0.350. The van der Waals surface area contributed by atoms with Crippen molar-refractivity contribution in [2.75, 3.05) is 12.3 Å². The van der Waals surface area contributed by atoms with Gasteiger partial charge in [-0.3, -0.25) is 14.2 Å². The highest BCUT2D eigenvalue weighted by Gasteiger charge is 2.24. The molecule has 0 radical (unpaired) electrons. The van der Waals surface area contributed by atoms with E-state index in [1.165, 1.54) is 29.5 Å². The van der Waals surface area contributed by atoms with Crippen LogP contribution in [0.15, 0.2) is 51.7 Å². The number of benzene rings is 1. The molecule has 0 bridgehead atoms. The molecule has 5 nitrogen and oxygen atoms in total. The van der Waals surface area contributed by atoms with Crippen LogP contribution < -0.4 is 5.56 Å². The van der Waals surface area contributed by atoms with Crippen LogP contribution in [0.5, 0.6) is 0 Å². The molecule has 1 aliphatic heterocycles. The smallest absolute Gasteiger partial charge is 0.267 e. The molecule has 1 saturated heterocycles. The Morgan fingerprint density at radius 1 is 1.26 bits per heavy atom. The van der Waals surface area contributed by atoms with Crippen molar-refractivity contribution >= 4 is 39.2 Å². The lowest BCUT2D eigenvalue weighted by atomic mass is 10.0. The highest BCUT2D eigenvalue weighted by atomic mass is 32.2. The molecule has 2 aromatic heterocycles. The topological polar surface area (TPSA) is 55.2 Å². The normalized spacial score (nSPS) is 17.4. The first-order valence-electron chi connectivity index (χ1n) is 9.13. The van der Waals surface area contributed by atoms with Gasteiger partial charge in [0.1, 0.15) is 4.83 Å². The van der Waals surface area contributed by atoms with Crippen molar-refractivity contribution in [3.63, 3.8) is 0 Å². The largest absolute Gasteiger partial charge is 0.339 e. The average molecular weight is 400 g/mol. The minimum Gasteiger partial charge on any atom is -0.339 e. The highest BCUT2D eigenvalue weighted by molar-refractivity contribution is 7.99. The van der Waals surface area contributed by atoms with Crippen LogP contribution in [0.4, 0.5) is 0 Å². The van der Waals surface area contributed by atoms with Crippen molar-refractivity contribution in [2.45, 2.75) is 37.4 Å². The Bertz CT molecular complexity index is 1010. The number of nitrogens with zero attached hydrogens (tertiary/aromatic N) is 3. The van der Waals surface area contributed by atoms with Crippen molar-refractivity contribution in [2.24, 2.45) is 0 Å². The average Bonchev–Trinajstić information content (AvgIpc) is 3.16. The Kier molecular flexibility index (Phi) is 5.31. The van der Waals surface area contributed by atoms with Gasteiger partial charge in [-0.05, 0) is 49.8 Å². The predicted octanol–water partition coefficient (Wildman–Crippen LogP) is 3.94. The number of fused-ring (bicyclic) bond motifs is 1. The molecule has 0 spiro atoms. The number of para-hydroxylation sites is 1. The van der Waals surface area contributed by atoms with Crippen molar-refractivity contribution < 1.29 is 4.79 Å². The quantitative estimate of drug-likeness (QED) is 0.493. The molecule has 4 rings (SSSR count). The zero-order chi connectivity index (χ0) is 18.8. The third-order valence-electron chi connectivity index (χ3n) is 4.93. The van der Waals surface area contributed by atoms with Crippen LogP contribution in [0.1, 0.15) is 26.2 Å². The molecule has 140 valence electrons. The van der Waals surface area contributed by atoms with E-state index in [4.69, 9.17) is 0 Å². The van der Waals surface area contributed by atoms with Gasteiger partial charge in [-0.1, -0.05) is 30.0 Å². The van der Waals surface area contributed by atoms with Crippen molar-refractivity contribution in [3.05, 3.63) is 52.1 Å². The maximum atomic E-state index is 13.0. The molecule has 7 heteroatoms. The zero-order valence-electron chi connectivity index (χ0n) is 15.1. The van der Waals surface area contributed by atoms with Crippen molar-refractivity contribution in [1.29, 1.82) is 0 Å². The minimum atomic E-state index is -0.0891. The first-order valence-corrected chi connectivity index (χ1v) is 11.0. The number of hydrogen-bond donors (Lipinski definition) is 0. The van der Waals surface area contributed by atoms with Crippen LogP contribution >= 0.6 is 23.1 Å². The number of aromatic nitrogens is 2. The van der Waals surface area contributed by atoms with E-state index in [-0.39, 0.29) is 17.5 Å². The molecule has 1 atom stereocenters. The van der Waals surface area contributed by atoms with E-state index >= 15 is 0 Å². The Labute approximate surface area is 166 Å². The Hall–Kier alpha value is -2.12. The first-order chi connectivity index (χ1) is 13.1. The van der Waals surface area contributed by atoms with Gasteiger partial charge in [0.15, 0.2) is 5.16 Å². The molecule has 0 saturated carbocycles. The van der Waals surface area contributed by atoms with Crippen LogP contribution in [-0.4, -0.2) is 38.7 Å². The molecule has 1 fully saturated rings. The van der Waals surface area contributed by atoms with Crippen LogP contribution in [0, 0.1) is 0 Å². The third kappa shape index (κ3) is 3.66. The van der Waals surface area contributed by atoms with E-state index in [9.17, 15) is 9.59 Å². The summed E-state index contributed by atoms with van der Waals surface area (Å²) < 4.78 is 1.62. The van der Waals surface area contributed by atoms with Crippen LogP contribution in [0.2, 0.25) is 0 Å². The summed E-state index contributed by atoms with van der Waals surface area (Å²) in [5.74, 6) is 0.410. The summed E-state index contributed by atoms with van der Waals surface area (Å²) in [6.07, 6.45) is 3.31. The van der Waals surface area contributed by atoms with E-state index < -0.39 is 0 Å². The molecule has 0 N–H and O–H groups in total. The van der Waals surface area contributed by atoms with Crippen molar-refractivity contribution in [1.82, 2.24) is 14.5 Å². The second kappa shape index (κ2) is 7.86. The van der Waals surface area contributed by atoms with Gasteiger partial charge in [0.2, 0.25) is 5.91 Å². The van der Waals surface area contributed by atoms with Gasteiger partial charge in [0.05, 0.1) is 16.8 Å². The van der Waals surface area contributed by atoms with Gasteiger partial charge in [-0.15, -0.1) is 11.3 Å². The predicted molar refractivity (Wildman–Crippen MR) is 111 cm³/mol. The highest BCUT2D eigenvalue weighted by Crippen LogP contribution is 2.25. The summed E-state index contributed by atoms with van der Waals surface area (Å²) in [6.45, 7) is 2.93. The standard InChI is InChI=1S/C20H21N3O2S2/c1-14-7-5-6-11-22(14)17(24)13-27-20-21-18-16(10-12-26-18)19(25)23(20)15-8-3-2-4-9-15/h2-4,8-10,12,14H,5-7,11,13H2,1H3/t14-/m1/s1. The zero-order valence-corrected chi connectivity index (χ0v) is 16.8. The number of carbonyl (C=O) groups excluding carboxylic acids is 1. The molecule has 3 heterocycles. The number of hydrogen-bond acceptors (Lipinski definition) is 5. The molecule has 0 unspecified atom stereocenters. The van der Waals surface area contributed by atoms with Crippen molar-refractivity contribution in [3.8, 4) is 5.69 Å². The van der Waals surface area contributed by atoms with Crippen LogP contribution in [-0.2, 0) is 4.79 Å². The first kappa shape index (κ1) is 18.3. The van der Waals surface area contributed by atoms with Gasteiger partial charge in [-0.2, -0.15) is 0 Å². The summed E-state index contributed by atoms with van der Waals surface area (Å²) in [5.41, 5.74) is 0.679. The Balaban J connectivity index is 1.66. The van der Waals surface area contributed by atoms with Gasteiger partial charge < -0.3 is 4.90 Å². The lowest BCUT2D eigenvalue weighted by Crippen LogP contribution is -2.43. The maximum Gasteiger partial charge on any atom is 0.267 e. The summed E-state index contributed by atoms with van der Waals surface area (Å²) in [6, 6.07) is 11.6. The second-order valence-corrected chi connectivity index (χ2v) is 8.57. The second-order valence-electron chi connectivity index (χ2n) is 6.73. The number of thiophene rings is 1. The third-order valence-corrected chi connectivity index (χ3v) is 6.66. The number of rotatable bonds is 4. The summed E-state index contributed by atoms with van der Waals surface area (Å²) in [4.78, 5) is 33.1. The van der Waals surface area contributed by atoms with E-state index in [0.717, 1.165) is 25.1 Å². The van der Waals surface area contributed by atoms with Gasteiger partial charge in [0, 0.05) is 12.6 Å². The number of piperidine rings is 1. The summed E-state index contributed by atoms with van der Waals surface area (Å²) >= 11 is 2.79. The Morgan fingerprint density at radius 3 is 2.85 bits per heavy atom. The van der Waals surface area contributed by atoms with E-state index in [1.807, 2.05) is 46.7 Å². The molecule has 3 aromatic rings. The monoisotopic (exact) mass is 399 g/mol. The molecule has 1 aliphatic rings. The number of thioether (sulfide) groups is 1. The van der Waals surface area contributed by atoms with E-state index in [2.05, 4.69) is 11.9 Å². The molecule has 27 heavy (non-hydrogen) atoms. The van der Waals surface area contributed by atoms with Gasteiger partial charge in [-0.25, -0.2) is 4.98 Å². The fourth-order valence-corrected chi connectivity index (χ4v) is 5.18. The molecule has 0 aliphatic carbocycles. The number of likely N-dealkylation sites (tertiary alicyclic amines) is 1. The molecular weight excluding hydrogens is 378 g/mol. The van der Waals surface area contributed by atoms with Gasteiger partial charge >= 0.3 is 0 Å². The molecule has 1 aromatic carbocycles. The van der Waals surface area contributed by atoms with Crippen LogP contribution in [0.3, 0.4) is 0 Å². The summed E-state index contributed by atoms with van der Waals surface area (Å²) in [7, 11) is 0. The van der Waals surface area contributed by atoms with E-state index in [0.29, 0.717) is 21.1 Å². The number of carbonyl (C=O) groups is 1. The lowest BCUT2D eigenvalue weighted by Gasteiger charge is -2.33. The molecule has 1 amide bonds. The summed E-state index contributed by atoms with van der Waals surface area (Å²) in [5, 5.41) is 3.06. The SMILES string of the molecule is C[C@@H]1CCCCN1C(=O)CSc1nc2sccc2c(=O)n1-c1ccccc1. The lowest BCUT2D eigenvalue weighted by molar-refractivity contribution is -0.131. The van der Waals surface area contributed by atoms with Gasteiger partial charge in [0.25, 0.3) is 5.56 Å². The van der Waals surface area contributed by atoms with E-state index in [1.54, 1.807) is 4.57 Å². The minimum absolute atomic E-state index is 0.0891. The fourth-order valence-electron chi connectivity index (χ4n) is 3.47. The maximum absolute atomic E-state index is 13.0. The molecular formula is C20H21N3O2S2.